The van der Waals surface area contributed by atoms with E-state index in [1.165, 1.54) is 18.2 Å². The van der Waals surface area contributed by atoms with Gasteiger partial charge in [-0.15, -0.1) is 0 Å². The van der Waals surface area contributed by atoms with Crippen LogP contribution in [-0.2, 0) is 0 Å². The Bertz CT molecular complexity index is 441. The fraction of sp³-hybridized carbons (Fsp3) is 0.462. The lowest BCUT2D eigenvalue weighted by atomic mass is 10.0. The molecule has 1 aromatic carbocycles. The Labute approximate surface area is 99.7 Å². The molecule has 0 atom stereocenters. The van der Waals surface area contributed by atoms with E-state index in [0.717, 1.165) is 19.3 Å². The molecule has 0 saturated heterocycles. The summed E-state index contributed by atoms with van der Waals surface area (Å²) in [6.07, 6.45) is 3.30. The molecule has 1 aliphatic carbocycles. The first-order valence-electron chi connectivity index (χ1n) is 5.84. The summed E-state index contributed by atoms with van der Waals surface area (Å²) in [6, 6.07) is 4.11. The number of carboxylic acids is 1. The van der Waals surface area contributed by atoms with E-state index >= 15 is 0 Å². The third-order valence-corrected chi connectivity index (χ3v) is 3.59. The predicted octanol–water partition coefficient (Wildman–Crippen LogP) is 3.13. The lowest BCUT2D eigenvalue weighted by Crippen LogP contribution is -2.17. The van der Waals surface area contributed by atoms with Crippen LogP contribution in [0, 0.1) is 11.2 Å². The molecule has 3 nitrogen and oxygen atoms in total. The maximum absolute atomic E-state index is 13.6. The molecule has 0 bridgehead atoms. The maximum atomic E-state index is 13.6. The van der Waals surface area contributed by atoms with Gasteiger partial charge in [0, 0.05) is 6.54 Å². The smallest absolute Gasteiger partial charge is 0.337 e. The normalized spacial score (nSPS) is 16.6. The van der Waals surface area contributed by atoms with Crippen LogP contribution in [0.3, 0.4) is 0 Å². The Morgan fingerprint density at radius 1 is 1.53 bits per heavy atom. The van der Waals surface area contributed by atoms with Crippen molar-refractivity contribution >= 4 is 11.7 Å². The number of anilines is 1. The van der Waals surface area contributed by atoms with Crippen molar-refractivity contribution in [1.82, 2.24) is 0 Å². The fourth-order valence-corrected chi connectivity index (χ4v) is 1.99. The number of nitrogens with one attached hydrogen (secondary N) is 1. The third-order valence-electron chi connectivity index (χ3n) is 3.59. The van der Waals surface area contributed by atoms with Crippen molar-refractivity contribution in [2.24, 2.45) is 5.41 Å². The van der Waals surface area contributed by atoms with Crippen LogP contribution in [0.25, 0.3) is 0 Å². The van der Waals surface area contributed by atoms with Crippen LogP contribution in [0.1, 0.15) is 36.5 Å². The summed E-state index contributed by atoms with van der Waals surface area (Å²) in [4.78, 5) is 11.0. The zero-order valence-corrected chi connectivity index (χ0v) is 9.79. The first-order valence-corrected chi connectivity index (χ1v) is 5.84. The van der Waals surface area contributed by atoms with E-state index in [2.05, 4.69) is 12.2 Å². The van der Waals surface area contributed by atoms with E-state index in [1.807, 2.05) is 0 Å². The Balaban J connectivity index is 2.17. The van der Waals surface area contributed by atoms with Crippen molar-refractivity contribution in [3.8, 4) is 0 Å². The molecule has 1 saturated carbocycles. The maximum Gasteiger partial charge on any atom is 0.337 e. The third kappa shape index (κ3) is 2.40. The summed E-state index contributed by atoms with van der Waals surface area (Å²) < 4.78 is 13.6. The molecule has 0 heterocycles. The van der Waals surface area contributed by atoms with E-state index in [1.54, 1.807) is 0 Å². The van der Waals surface area contributed by atoms with Crippen molar-refractivity contribution in [1.29, 1.82) is 0 Å². The molecule has 4 heteroatoms. The largest absolute Gasteiger partial charge is 0.478 e. The molecule has 1 aromatic rings. The van der Waals surface area contributed by atoms with Crippen molar-refractivity contribution < 1.29 is 14.3 Å². The molecule has 1 fully saturated rings. The molecule has 1 aliphatic rings. The van der Waals surface area contributed by atoms with Crippen LogP contribution in [0.5, 0.6) is 0 Å². The highest BCUT2D eigenvalue weighted by Gasteiger charge is 2.40. The number of hydrogen-bond donors (Lipinski definition) is 2. The minimum absolute atomic E-state index is 0.00287. The van der Waals surface area contributed by atoms with Gasteiger partial charge in [0.05, 0.1) is 11.3 Å². The van der Waals surface area contributed by atoms with E-state index in [0.29, 0.717) is 6.54 Å². The van der Waals surface area contributed by atoms with Gasteiger partial charge in [-0.3, -0.25) is 0 Å². The second kappa shape index (κ2) is 4.35. The number of hydrogen-bond acceptors (Lipinski definition) is 2. The molecule has 0 aromatic heterocycles. The van der Waals surface area contributed by atoms with Gasteiger partial charge in [-0.2, -0.15) is 0 Å². The molecule has 0 amide bonds. The summed E-state index contributed by atoms with van der Waals surface area (Å²) in [5.41, 5.74) is 0.356. The number of rotatable bonds is 5. The first-order chi connectivity index (χ1) is 8.08. The Kier molecular flexibility index (Phi) is 3.05. The molecule has 2 N–H and O–H groups in total. The number of carbonyl (C=O) groups is 1. The van der Waals surface area contributed by atoms with Gasteiger partial charge >= 0.3 is 5.97 Å². The zero-order chi connectivity index (χ0) is 12.5. The summed E-state index contributed by atoms with van der Waals surface area (Å²) in [5.74, 6) is -1.61. The standard InChI is InChI=1S/C13H16FNO2/c1-2-13(6-7-13)8-15-11-9(12(16)17)4-3-5-10(11)14/h3-5,15H,2,6-8H2,1H3,(H,16,17). The number of benzene rings is 1. The van der Waals surface area contributed by atoms with Gasteiger partial charge < -0.3 is 10.4 Å². The van der Waals surface area contributed by atoms with Crippen LogP contribution in [0.4, 0.5) is 10.1 Å². The second-order valence-corrected chi connectivity index (χ2v) is 4.67. The Morgan fingerprint density at radius 2 is 2.24 bits per heavy atom. The van der Waals surface area contributed by atoms with Gasteiger partial charge in [0.25, 0.3) is 0 Å². The van der Waals surface area contributed by atoms with Gasteiger partial charge in [0.1, 0.15) is 5.82 Å². The Morgan fingerprint density at radius 3 is 2.76 bits per heavy atom. The number of halogens is 1. The molecule has 92 valence electrons. The molecule has 17 heavy (non-hydrogen) atoms. The predicted molar refractivity (Wildman–Crippen MR) is 63.8 cm³/mol. The van der Waals surface area contributed by atoms with Gasteiger partial charge in [-0.1, -0.05) is 13.0 Å². The lowest BCUT2D eigenvalue weighted by molar-refractivity contribution is 0.0697. The van der Waals surface area contributed by atoms with Gasteiger partial charge in [-0.25, -0.2) is 9.18 Å². The number of para-hydroxylation sites is 1. The van der Waals surface area contributed by atoms with Crippen molar-refractivity contribution in [2.45, 2.75) is 26.2 Å². The Hall–Kier alpha value is -1.58. The zero-order valence-electron chi connectivity index (χ0n) is 9.79. The van der Waals surface area contributed by atoms with Crippen LogP contribution in [-0.4, -0.2) is 17.6 Å². The van der Waals surface area contributed by atoms with Crippen LogP contribution in [0.15, 0.2) is 18.2 Å². The molecule has 0 spiro atoms. The van der Waals surface area contributed by atoms with E-state index < -0.39 is 11.8 Å². The molecule has 0 radical (unpaired) electrons. The van der Waals surface area contributed by atoms with Crippen LogP contribution < -0.4 is 5.32 Å². The van der Waals surface area contributed by atoms with Gasteiger partial charge in [-0.05, 0) is 36.8 Å². The molecule has 0 aliphatic heterocycles. The monoisotopic (exact) mass is 237 g/mol. The summed E-state index contributed by atoms with van der Waals surface area (Å²) in [7, 11) is 0. The quantitative estimate of drug-likeness (QED) is 0.827. The van der Waals surface area contributed by atoms with Crippen LogP contribution >= 0.6 is 0 Å². The topological polar surface area (TPSA) is 49.3 Å². The molecular weight excluding hydrogens is 221 g/mol. The van der Waals surface area contributed by atoms with Crippen molar-refractivity contribution in [2.75, 3.05) is 11.9 Å². The average Bonchev–Trinajstić information content (AvgIpc) is 3.08. The average molecular weight is 237 g/mol. The minimum Gasteiger partial charge on any atom is -0.478 e. The number of aromatic carboxylic acids is 1. The van der Waals surface area contributed by atoms with Crippen molar-refractivity contribution in [3.63, 3.8) is 0 Å². The fourth-order valence-electron chi connectivity index (χ4n) is 1.99. The van der Waals surface area contributed by atoms with Gasteiger partial charge in [0.2, 0.25) is 0 Å². The summed E-state index contributed by atoms with van der Waals surface area (Å²) in [6.45, 7) is 2.75. The second-order valence-electron chi connectivity index (χ2n) is 4.67. The first kappa shape index (κ1) is 11.9. The highest BCUT2D eigenvalue weighted by atomic mass is 19.1. The van der Waals surface area contributed by atoms with Gasteiger partial charge in [0.15, 0.2) is 0 Å². The highest BCUT2D eigenvalue weighted by molar-refractivity contribution is 5.94. The lowest BCUT2D eigenvalue weighted by Gasteiger charge is -2.16. The number of carboxylic acid groups (broad SMARTS) is 1. The van der Waals surface area contributed by atoms with E-state index in [-0.39, 0.29) is 16.7 Å². The summed E-state index contributed by atoms with van der Waals surface area (Å²) in [5, 5.41) is 11.9. The van der Waals surface area contributed by atoms with Crippen LogP contribution in [0.2, 0.25) is 0 Å². The van der Waals surface area contributed by atoms with E-state index in [9.17, 15) is 9.18 Å². The van der Waals surface area contributed by atoms with Crippen molar-refractivity contribution in [3.05, 3.63) is 29.6 Å². The van der Waals surface area contributed by atoms with E-state index in [4.69, 9.17) is 5.11 Å². The molecular formula is C13H16FNO2. The summed E-state index contributed by atoms with van der Waals surface area (Å²) >= 11 is 0. The molecule has 2 rings (SSSR count). The highest BCUT2D eigenvalue weighted by Crippen LogP contribution is 2.48. The minimum atomic E-state index is -1.10. The SMILES string of the molecule is CCC1(CNc2c(F)cccc2C(=O)O)CC1. The molecule has 0 unspecified atom stereocenters.